The van der Waals surface area contributed by atoms with E-state index in [1.165, 1.54) is 16.7 Å². The number of fused-ring (bicyclic) bond motifs is 1. The summed E-state index contributed by atoms with van der Waals surface area (Å²) >= 11 is 0. The number of hydrogen-bond donors (Lipinski definition) is 0. The van der Waals surface area contributed by atoms with Crippen LogP contribution in [-0.2, 0) is 6.42 Å². The average Bonchev–Trinajstić information content (AvgIpc) is 2.39. The molecule has 16 heavy (non-hydrogen) atoms. The van der Waals surface area contributed by atoms with Gasteiger partial charge in [-0.2, -0.15) is 0 Å². The number of benzene rings is 1. The fourth-order valence-electron chi connectivity index (χ4n) is 2.02. The summed E-state index contributed by atoms with van der Waals surface area (Å²) in [5.74, 6) is 0. The lowest BCUT2D eigenvalue weighted by molar-refractivity contribution is 1.03. The highest BCUT2D eigenvalue weighted by atomic mass is 14.7. The van der Waals surface area contributed by atoms with Crippen molar-refractivity contribution >= 4 is 11.9 Å². The van der Waals surface area contributed by atoms with Crippen molar-refractivity contribution in [1.82, 2.24) is 4.98 Å². The molecule has 0 saturated heterocycles. The van der Waals surface area contributed by atoms with E-state index in [0.717, 1.165) is 18.5 Å². The fourth-order valence-corrected chi connectivity index (χ4v) is 2.02. The van der Waals surface area contributed by atoms with Crippen LogP contribution in [0, 0.1) is 0 Å². The van der Waals surface area contributed by atoms with E-state index in [2.05, 4.69) is 28.2 Å². The van der Waals surface area contributed by atoms with E-state index in [4.69, 9.17) is 0 Å². The molecular formula is C14H12N2. The Balaban J connectivity index is 2.07. The Labute approximate surface area is 94.7 Å². The molecule has 0 fully saturated rings. The third-order valence-electron chi connectivity index (χ3n) is 2.87. The van der Waals surface area contributed by atoms with Gasteiger partial charge in [0.05, 0.1) is 5.69 Å². The Bertz CT molecular complexity index is 530. The van der Waals surface area contributed by atoms with Gasteiger partial charge in [-0.25, -0.2) is 0 Å². The summed E-state index contributed by atoms with van der Waals surface area (Å²) in [6.45, 7) is 0. The van der Waals surface area contributed by atoms with Crippen molar-refractivity contribution in [3.05, 3.63) is 48.3 Å². The van der Waals surface area contributed by atoms with Crippen LogP contribution >= 0.6 is 0 Å². The number of hydrogen-bond acceptors (Lipinski definition) is 2. The fraction of sp³-hybridized carbons (Fsp3) is 0.143. The van der Waals surface area contributed by atoms with E-state index in [1.807, 2.05) is 30.7 Å². The summed E-state index contributed by atoms with van der Waals surface area (Å²) in [6.07, 6.45) is 7.79. The van der Waals surface area contributed by atoms with Crippen LogP contribution in [0.25, 0.3) is 11.1 Å². The van der Waals surface area contributed by atoms with Crippen molar-refractivity contribution in [2.75, 3.05) is 0 Å². The zero-order chi connectivity index (χ0) is 10.8. The molecular weight excluding hydrogens is 196 g/mol. The largest absolute Gasteiger partial charge is 0.265 e. The average molecular weight is 208 g/mol. The molecule has 1 aliphatic heterocycles. The molecule has 78 valence electrons. The van der Waals surface area contributed by atoms with Gasteiger partial charge < -0.3 is 0 Å². The zero-order valence-corrected chi connectivity index (χ0v) is 8.93. The lowest BCUT2D eigenvalue weighted by Crippen LogP contribution is -1.93. The first-order valence-electron chi connectivity index (χ1n) is 5.49. The highest BCUT2D eigenvalue weighted by molar-refractivity contribution is 5.73. The minimum Gasteiger partial charge on any atom is -0.265 e. The SMILES string of the molecule is C1=Nc2ccc(-c3ccncc3)cc2CC1. The van der Waals surface area contributed by atoms with Gasteiger partial charge in [-0.3, -0.25) is 9.98 Å². The molecule has 0 aliphatic carbocycles. The van der Waals surface area contributed by atoms with Crippen LogP contribution in [0.3, 0.4) is 0 Å². The molecule has 0 bridgehead atoms. The molecule has 0 amide bonds. The van der Waals surface area contributed by atoms with Gasteiger partial charge in [0.15, 0.2) is 0 Å². The first-order chi connectivity index (χ1) is 7.93. The van der Waals surface area contributed by atoms with Crippen LogP contribution in [0.1, 0.15) is 12.0 Å². The molecule has 1 aromatic carbocycles. The summed E-state index contributed by atoms with van der Waals surface area (Å²) in [7, 11) is 0. The van der Waals surface area contributed by atoms with Gasteiger partial charge in [-0.1, -0.05) is 6.07 Å². The Morgan fingerprint density at radius 3 is 2.69 bits per heavy atom. The van der Waals surface area contributed by atoms with Crippen molar-refractivity contribution in [2.24, 2.45) is 4.99 Å². The van der Waals surface area contributed by atoms with Crippen LogP contribution in [0.15, 0.2) is 47.7 Å². The van der Waals surface area contributed by atoms with Crippen LogP contribution in [0.4, 0.5) is 5.69 Å². The van der Waals surface area contributed by atoms with E-state index in [9.17, 15) is 0 Å². The van der Waals surface area contributed by atoms with Gasteiger partial charge in [0.25, 0.3) is 0 Å². The third-order valence-corrected chi connectivity index (χ3v) is 2.87. The standard InChI is InChI=1S/C14H12N2/c1-2-13-10-12(3-4-14(13)16-7-1)11-5-8-15-9-6-11/h3-10H,1-2H2. The molecule has 2 nitrogen and oxygen atoms in total. The highest BCUT2D eigenvalue weighted by Gasteiger charge is 2.07. The lowest BCUT2D eigenvalue weighted by atomic mass is 9.99. The summed E-state index contributed by atoms with van der Waals surface area (Å²) in [4.78, 5) is 8.43. The molecule has 0 unspecified atom stereocenters. The molecule has 0 N–H and O–H groups in total. The second-order valence-electron chi connectivity index (χ2n) is 3.93. The Morgan fingerprint density at radius 1 is 0.938 bits per heavy atom. The number of aromatic nitrogens is 1. The van der Waals surface area contributed by atoms with Gasteiger partial charge >= 0.3 is 0 Å². The maximum Gasteiger partial charge on any atom is 0.0658 e. The number of aryl methyl sites for hydroxylation is 1. The van der Waals surface area contributed by atoms with Gasteiger partial charge in [-0.05, 0) is 53.8 Å². The van der Waals surface area contributed by atoms with Gasteiger partial charge in [0.1, 0.15) is 0 Å². The molecule has 1 aromatic heterocycles. The zero-order valence-electron chi connectivity index (χ0n) is 8.93. The number of pyridine rings is 1. The number of rotatable bonds is 1. The Kier molecular flexibility index (Phi) is 2.26. The van der Waals surface area contributed by atoms with E-state index in [1.54, 1.807) is 0 Å². The molecule has 0 spiro atoms. The molecule has 3 rings (SSSR count). The number of nitrogens with zero attached hydrogens (tertiary/aromatic N) is 2. The predicted molar refractivity (Wildman–Crippen MR) is 66.1 cm³/mol. The number of aliphatic imine (C=N–C) groups is 1. The lowest BCUT2D eigenvalue weighted by Gasteiger charge is -2.11. The van der Waals surface area contributed by atoms with Crippen molar-refractivity contribution in [3.8, 4) is 11.1 Å². The Hall–Kier alpha value is -1.96. The molecule has 2 heteroatoms. The highest BCUT2D eigenvalue weighted by Crippen LogP contribution is 2.29. The topological polar surface area (TPSA) is 25.2 Å². The second kappa shape index (κ2) is 3.89. The first-order valence-corrected chi connectivity index (χ1v) is 5.49. The summed E-state index contributed by atoms with van der Waals surface area (Å²) in [5, 5.41) is 0. The van der Waals surface area contributed by atoms with Crippen LogP contribution in [0.2, 0.25) is 0 Å². The van der Waals surface area contributed by atoms with E-state index >= 15 is 0 Å². The normalized spacial score (nSPS) is 13.5. The van der Waals surface area contributed by atoms with Crippen molar-refractivity contribution < 1.29 is 0 Å². The van der Waals surface area contributed by atoms with E-state index < -0.39 is 0 Å². The first kappa shape index (κ1) is 9.28. The quantitative estimate of drug-likeness (QED) is 0.705. The maximum atomic E-state index is 4.39. The molecule has 2 heterocycles. The van der Waals surface area contributed by atoms with Crippen LogP contribution in [-0.4, -0.2) is 11.2 Å². The third kappa shape index (κ3) is 1.63. The minimum absolute atomic E-state index is 1.05. The minimum atomic E-state index is 1.05. The monoisotopic (exact) mass is 208 g/mol. The predicted octanol–water partition coefficient (Wildman–Crippen LogP) is 3.40. The van der Waals surface area contributed by atoms with Gasteiger partial charge in [0, 0.05) is 18.6 Å². The maximum absolute atomic E-state index is 4.39. The van der Waals surface area contributed by atoms with Crippen LogP contribution < -0.4 is 0 Å². The van der Waals surface area contributed by atoms with E-state index in [-0.39, 0.29) is 0 Å². The summed E-state index contributed by atoms with van der Waals surface area (Å²) in [6, 6.07) is 10.5. The van der Waals surface area contributed by atoms with Crippen molar-refractivity contribution in [1.29, 1.82) is 0 Å². The molecule has 0 radical (unpaired) electrons. The second-order valence-corrected chi connectivity index (χ2v) is 3.93. The molecule has 1 aliphatic rings. The smallest absolute Gasteiger partial charge is 0.0658 e. The van der Waals surface area contributed by atoms with E-state index in [0.29, 0.717) is 0 Å². The molecule has 0 saturated carbocycles. The van der Waals surface area contributed by atoms with Crippen LogP contribution in [0.5, 0.6) is 0 Å². The van der Waals surface area contributed by atoms with Gasteiger partial charge in [-0.15, -0.1) is 0 Å². The van der Waals surface area contributed by atoms with Crippen molar-refractivity contribution in [3.63, 3.8) is 0 Å². The molecule has 0 atom stereocenters. The van der Waals surface area contributed by atoms with Gasteiger partial charge in [0.2, 0.25) is 0 Å². The molecule has 2 aromatic rings. The summed E-state index contributed by atoms with van der Waals surface area (Å²) in [5.41, 5.74) is 4.92. The summed E-state index contributed by atoms with van der Waals surface area (Å²) < 4.78 is 0. The van der Waals surface area contributed by atoms with Crippen molar-refractivity contribution in [2.45, 2.75) is 12.8 Å². The Morgan fingerprint density at radius 2 is 1.81 bits per heavy atom.